The van der Waals surface area contributed by atoms with Gasteiger partial charge in [-0.1, -0.05) is 17.7 Å². The van der Waals surface area contributed by atoms with Crippen molar-refractivity contribution >= 4 is 35.1 Å². The number of ether oxygens (including phenoxy) is 1. The molecule has 7 heteroatoms. The van der Waals surface area contributed by atoms with E-state index in [0.29, 0.717) is 30.4 Å². The number of rotatable bonds is 4. The Labute approximate surface area is 158 Å². The lowest BCUT2D eigenvalue weighted by Gasteiger charge is -2.34. The molecule has 26 heavy (non-hydrogen) atoms. The molecule has 2 fully saturated rings. The van der Waals surface area contributed by atoms with E-state index in [-0.39, 0.29) is 30.1 Å². The topological polar surface area (TPSA) is 66.9 Å². The summed E-state index contributed by atoms with van der Waals surface area (Å²) in [4.78, 5) is 40.6. The zero-order valence-electron chi connectivity index (χ0n) is 15.0. The molecule has 3 rings (SSSR count). The predicted octanol–water partition coefficient (Wildman–Crippen LogP) is 2.56. The third-order valence-electron chi connectivity index (χ3n) is 4.98. The summed E-state index contributed by atoms with van der Waals surface area (Å²) in [6.07, 6.45) is 1.66. The molecular formula is C19H23ClN2O4. The molecule has 2 atom stereocenters. The number of hydrogen-bond donors (Lipinski definition) is 0. The second-order valence-electron chi connectivity index (χ2n) is 6.83. The van der Waals surface area contributed by atoms with Gasteiger partial charge in [0, 0.05) is 6.54 Å². The van der Waals surface area contributed by atoms with Crippen LogP contribution in [0.15, 0.2) is 18.2 Å². The molecule has 2 aliphatic rings. The zero-order chi connectivity index (χ0) is 18.8. The minimum Gasteiger partial charge on any atom is -0.466 e. The number of carbonyl (C=O) groups is 3. The number of nitrogens with zero attached hydrogens (tertiary/aromatic N) is 2. The Bertz CT molecular complexity index is 736. The van der Waals surface area contributed by atoms with Gasteiger partial charge < -0.3 is 4.74 Å². The Morgan fingerprint density at radius 2 is 2.12 bits per heavy atom. The molecule has 0 N–H and O–H groups in total. The van der Waals surface area contributed by atoms with Crippen molar-refractivity contribution in [2.75, 3.05) is 24.6 Å². The maximum atomic E-state index is 12.9. The summed E-state index contributed by atoms with van der Waals surface area (Å²) < 4.78 is 5.11. The molecule has 140 valence electrons. The van der Waals surface area contributed by atoms with Crippen LogP contribution in [0.5, 0.6) is 0 Å². The highest BCUT2D eigenvalue weighted by Gasteiger charge is 2.45. The van der Waals surface area contributed by atoms with Gasteiger partial charge in [0.1, 0.15) is 0 Å². The van der Waals surface area contributed by atoms with Gasteiger partial charge in [0.05, 0.1) is 35.7 Å². The van der Waals surface area contributed by atoms with Crippen LogP contribution in [0, 0.1) is 12.8 Å². The van der Waals surface area contributed by atoms with E-state index in [1.807, 2.05) is 17.9 Å². The van der Waals surface area contributed by atoms with Crippen molar-refractivity contribution in [1.29, 1.82) is 0 Å². The van der Waals surface area contributed by atoms with Crippen LogP contribution in [0.3, 0.4) is 0 Å². The summed E-state index contributed by atoms with van der Waals surface area (Å²) in [5, 5.41) is 0.385. The highest BCUT2D eigenvalue weighted by atomic mass is 35.5. The van der Waals surface area contributed by atoms with Gasteiger partial charge in [-0.3, -0.25) is 19.3 Å². The summed E-state index contributed by atoms with van der Waals surface area (Å²) >= 11 is 6.25. The van der Waals surface area contributed by atoms with Crippen molar-refractivity contribution in [1.82, 2.24) is 4.90 Å². The van der Waals surface area contributed by atoms with Crippen LogP contribution in [-0.4, -0.2) is 48.4 Å². The summed E-state index contributed by atoms with van der Waals surface area (Å²) in [7, 11) is 0. The molecule has 2 unspecified atom stereocenters. The number of anilines is 1. The molecular weight excluding hydrogens is 356 g/mol. The quantitative estimate of drug-likeness (QED) is 0.595. The zero-order valence-corrected chi connectivity index (χ0v) is 15.8. The smallest absolute Gasteiger partial charge is 0.310 e. The first-order chi connectivity index (χ1) is 12.4. The van der Waals surface area contributed by atoms with Crippen molar-refractivity contribution in [3.05, 3.63) is 28.8 Å². The third kappa shape index (κ3) is 3.62. The Balaban J connectivity index is 1.77. The van der Waals surface area contributed by atoms with Crippen LogP contribution in [0.4, 0.5) is 5.69 Å². The van der Waals surface area contributed by atoms with Crippen LogP contribution in [0.25, 0.3) is 0 Å². The number of hydrogen-bond acceptors (Lipinski definition) is 5. The summed E-state index contributed by atoms with van der Waals surface area (Å²) in [6.45, 7) is 5.15. The van der Waals surface area contributed by atoms with E-state index in [1.54, 1.807) is 19.1 Å². The van der Waals surface area contributed by atoms with Gasteiger partial charge in [-0.15, -0.1) is 0 Å². The lowest BCUT2D eigenvalue weighted by atomic mass is 9.96. The molecule has 0 aliphatic carbocycles. The number of aryl methyl sites for hydroxylation is 1. The second-order valence-corrected chi connectivity index (χ2v) is 7.24. The van der Waals surface area contributed by atoms with Crippen LogP contribution in [-0.2, 0) is 19.1 Å². The first-order valence-electron chi connectivity index (χ1n) is 8.96. The fraction of sp³-hybridized carbons (Fsp3) is 0.526. The van der Waals surface area contributed by atoms with E-state index >= 15 is 0 Å². The molecule has 0 spiro atoms. The van der Waals surface area contributed by atoms with Gasteiger partial charge in [-0.25, -0.2) is 4.90 Å². The molecule has 6 nitrogen and oxygen atoms in total. The van der Waals surface area contributed by atoms with E-state index < -0.39 is 6.04 Å². The molecule has 0 aromatic heterocycles. The largest absolute Gasteiger partial charge is 0.466 e. The number of likely N-dealkylation sites (tertiary alicyclic amines) is 1. The van der Waals surface area contributed by atoms with Gasteiger partial charge in [-0.05, 0) is 50.9 Å². The maximum Gasteiger partial charge on any atom is 0.310 e. The number of piperidine rings is 1. The lowest BCUT2D eigenvalue weighted by Crippen LogP contribution is -2.48. The molecule has 2 heterocycles. The number of halogens is 1. The predicted molar refractivity (Wildman–Crippen MR) is 98.0 cm³/mol. The Morgan fingerprint density at radius 1 is 1.35 bits per heavy atom. The van der Waals surface area contributed by atoms with Crippen LogP contribution >= 0.6 is 11.6 Å². The number of benzene rings is 1. The van der Waals surface area contributed by atoms with Gasteiger partial charge in [0.2, 0.25) is 5.91 Å². The molecule has 0 bridgehead atoms. The second kappa shape index (κ2) is 7.76. The van der Waals surface area contributed by atoms with E-state index in [4.69, 9.17) is 16.3 Å². The molecule has 0 radical (unpaired) electrons. The number of carbonyl (C=O) groups excluding carboxylic acids is 3. The minimum atomic E-state index is -0.544. The fourth-order valence-electron chi connectivity index (χ4n) is 3.69. The SMILES string of the molecule is CCOC(=O)C1CCCN(C2CC(=O)N(c3ccc(C)cc3Cl)C2=O)C1. The standard InChI is InChI=1S/C19H23ClN2O4/c1-3-26-19(25)13-5-4-8-21(11-13)16-10-17(23)22(18(16)24)15-7-6-12(2)9-14(15)20/h6-7,9,13,16H,3-5,8,10-11H2,1-2H3. The van der Waals surface area contributed by atoms with Gasteiger partial charge >= 0.3 is 5.97 Å². The number of imide groups is 1. The summed E-state index contributed by atoms with van der Waals surface area (Å²) in [5.74, 6) is -1.01. The molecule has 2 aliphatic heterocycles. The van der Waals surface area contributed by atoms with E-state index in [2.05, 4.69) is 0 Å². The van der Waals surface area contributed by atoms with Crippen molar-refractivity contribution in [3.8, 4) is 0 Å². The highest BCUT2D eigenvalue weighted by Crippen LogP contribution is 2.33. The average Bonchev–Trinajstić information content (AvgIpc) is 2.90. The Hall–Kier alpha value is -1.92. The Morgan fingerprint density at radius 3 is 2.81 bits per heavy atom. The maximum absolute atomic E-state index is 12.9. The van der Waals surface area contributed by atoms with Crippen LogP contribution in [0.1, 0.15) is 31.7 Å². The van der Waals surface area contributed by atoms with Crippen molar-refractivity contribution in [2.45, 2.75) is 39.2 Å². The van der Waals surface area contributed by atoms with Gasteiger partial charge in [0.25, 0.3) is 5.91 Å². The van der Waals surface area contributed by atoms with E-state index in [1.165, 1.54) is 4.90 Å². The van der Waals surface area contributed by atoms with Crippen LogP contribution < -0.4 is 4.90 Å². The Kier molecular flexibility index (Phi) is 5.63. The monoisotopic (exact) mass is 378 g/mol. The van der Waals surface area contributed by atoms with Crippen molar-refractivity contribution < 1.29 is 19.1 Å². The van der Waals surface area contributed by atoms with E-state index in [0.717, 1.165) is 18.4 Å². The molecule has 1 aromatic carbocycles. The highest BCUT2D eigenvalue weighted by molar-refractivity contribution is 6.36. The van der Waals surface area contributed by atoms with Crippen LogP contribution in [0.2, 0.25) is 5.02 Å². The molecule has 0 saturated carbocycles. The average molecular weight is 379 g/mol. The van der Waals surface area contributed by atoms with Gasteiger partial charge in [0.15, 0.2) is 0 Å². The normalized spacial score (nSPS) is 24.2. The number of amides is 2. The number of esters is 1. The summed E-state index contributed by atoms with van der Waals surface area (Å²) in [6, 6.07) is 4.72. The van der Waals surface area contributed by atoms with Crippen molar-refractivity contribution in [2.24, 2.45) is 5.92 Å². The first-order valence-corrected chi connectivity index (χ1v) is 9.33. The van der Waals surface area contributed by atoms with E-state index in [9.17, 15) is 14.4 Å². The minimum absolute atomic E-state index is 0.110. The first kappa shape index (κ1) is 18.9. The molecule has 2 saturated heterocycles. The lowest BCUT2D eigenvalue weighted by molar-refractivity contribution is -0.150. The third-order valence-corrected chi connectivity index (χ3v) is 5.28. The molecule has 1 aromatic rings. The molecule has 2 amide bonds. The summed E-state index contributed by atoms with van der Waals surface area (Å²) in [5.41, 5.74) is 1.39. The fourth-order valence-corrected chi connectivity index (χ4v) is 4.01. The van der Waals surface area contributed by atoms with Crippen molar-refractivity contribution in [3.63, 3.8) is 0 Å². The van der Waals surface area contributed by atoms with Gasteiger partial charge in [-0.2, -0.15) is 0 Å².